The van der Waals surface area contributed by atoms with Crippen LogP contribution in [0.5, 0.6) is 5.75 Å². The van der Waals surface area contributed by atoms with E-state index < -0.39 is 5.41 Å². The van der Waals surface area contributed by atoms with E-state index >= 15 is 0 Å². The van der Waals surface area contributed by atoms with E-state index in [1.54, 1.807) is 0 Å². The second kappa shape index (κ2) is 6.37. The third-order valence-electron chi connectivity index (χ3n) is 3.81. The third kappa shape index (κ3) is 3.19. The molecule has 4 heteroatoms. The molecule has 0 saturated carbocycles. The van der Waals surface area contributed by atoms with Gasteiger partial charge in [0.15, 0.2) is 5.78 Å². The summed E-state index contributed by atoms with van der Waals surface area (Å²) >= 11 is 0. The van der Waals surface area contributed by atoms with Gasteiger partial charge in [0.1, 0.15) is 5.75 Å². The van der Waals surface area contributed by atoms with Gasteiger partial charge in [0.25, 0.3) is 0 Å². The molecule has 1 aromatic rings. The molecule has 0 aliphatic carbocycles. The number of Topliss-reactive ketones (excluding diaryl/α,β-unsaturated/α-hetero) is 1. The highest BCUT2D eigenvalue weighted by molar-refractivity contribution is 6.00. The van der Waals surface area contributed by atoms with Crippen LogP contribution in [-0.2, 0) is 4.74 Å². The van der Waals surface area contributed by atoms with Crippen LogP contribution in [0.4, 0.5) is 0 Å². The molecule has 110 valence electrons. The molecule has 1 saturated heterocycles. The quantitative estimate of drug-likeness (QED) is 0.840. The van der Waals surface area contributed by atoms with Crippen LogP contribution in [-0.4, -0.2) is 31.6 Å². The van der Waals surface area contributed by atoms with Crippen LogP contribution in [0, 0.1) is 5.41 Å². The molecule has 2 N–H and O–H groups in total. The van der Waals surface area contributed by atoms with Crippen LogP contribution in [0.3, 0.4) is 0 Å². The van der Waals surface area contributed by atoms with E-state index in [1.807, 2.05) is 38.1 Å². The Hall–Kier alpha value is -1.39. The average molecular weight is 277 g/mol. The minimum atomic E-state index is -0.460. The smallest absolute Gasteiger partial charge is 0.170 e. The van der Waals surface area contributed by atoms with Crippen LogP contribution < -0.4 is 10.5 Å². The predicted octanol–water partition coefficient (Wildman–Crippen LogP) is 2.41. The fraction of sp³-hybridized carbons (Fsp3) is 0.562. The number of ketones is 1. The van der Waals surface area contributed by atoms with Crippen molar-refractivity contribution in [2.45, 2.75) is 32.8 Å². The van der Waals surface area contributed by atoms with Crippen molar-refractivity contribution in [2.24, 2.45) is 11.1 Å². The van der Waals surface area contributed by atoms with Crippen molar-refractivity contribution in [1.29, 1.82) is 0 Å². The first-order chi connectivity index (χ1) is 9.57. The SMILES string of the molecule is CC(C)Oc1ccc(C(=O)C2(CN)CCOCC2)cc1. The van der Waals surface area contributed by atoms with E-state index in [9.17, 15) is 4.79 Å². The molecule has 1 aliphatic rings. The van der Waals surface area contributed by atoms with Crippen molar-refractivity contribution in [2.75, 3.05) is 19.8 Å². The molecule has 0 aromatic heterocycles. The van der Waals surface area contributed by atoms with E-state index in [2.05, 4.69) is 0 Å². The van der Waals surface area contributed by atoms with Crippen molar-refractivity contribution < 1.29 is 14.3 Å². The lowest BCUT2D eigenvalue weighted by Gasteiger charge is -2.34. The maximum atomic E-state index is 12.7. The molecule has 0 spiro atoms. The van der Waals surface area contributed by atoms with Gasteiger partial charge in [-0.25, -0.2) is 0 Å². The van der Waals surface area contributed by atoms with Gasteiger partial charge >= 0.3 is 0 Å². The van der Waals surface area contributed by atoms with Crippen LogP contribution in [0.2, 0.25) is 0 Å². The van der Waals surface area contributed by atoms with E-state index in [0.29, 0.717) is 38.2 Å². The topological polar surface area (TPSA) is 61.5 Å². The van der Waals surface area contributed by atoms with Gasteiger partial charge in [-0.05, 0) is 51.0 Å². The molecule has 2 rings (SSSR count). The van der Waals surface area contributed by atoms with E-state index in [4.69, 9.17) is 15.2 Å². The number of hydrogen-bond donors (Lipinski definition) is 1. The van der Waals surface area contributed by atoms with Crippen molar-refractivity contribution in [3.63, 3.8) is 0 Å². The number of nitrogens with two attached hydrogens (primary N) is 1. The predicted molar refractivity (Wildman–Crippen MR) is 78.1 cm³/mol. The first kappa shape index (κ1) is 15.0. The molecule has 1 aromatic carbocycles. The number of hydrogen-bond acceptors (Lipinski definition) is 4. The molecule has 1 aliphatic heterocycles. The molecule has 0 unspecified atom stereocenters. The zero-order chi connectivity index (χ0) is 14.6. The minimum Gasteiger partial charge on any atom is -0.491 e. The second-order valence-electron chi connectivity index (χ2n) is 5.62. The standard InChI is InChI=1S/C16H23NO3/c1-12(2)20-14-5-3-13(4-6-14)15(18)16(11-17)7-9-19-10-8-16/h3-6,12H,7-11,17H2,1-2H3. The van der Waals surface area contributed by atoms with Gasteiger partial charge in [0.05, 0.1) is 11.5 Å². The van der Waals surface area contributed by atoms with Crippen molar-refractivity contribution >= 4 is 5.78 Å². The molecule has 0 atom stereocenters. The summed E-state index contributed by atoms with van der Waals surface area (Å²) in [5.41, 5.74) is 6.11. The first-order valence-corrected chi connectivity index (χ1v) is 7.17. The summed E-state index contributed by atoms with van der Waals surface area (Å²) in [5.74, 6) is 0.907. The van der Waals surface area contributed by atoms with Crippen LogP contribution in [0.25, 0.3) is 0 Å². The third-order valence-corrected chi connectivity index (χ3v) is 3.81. The minimum absolute atomic E-state index is 0.124. The Balaban J connectivity index is 2.15. The second-order valence-corrected chi connectivity index (χ2v) is 5.62. The Kier molecular flexibility index (Phi) is 4.78. The van der Waals surface area contributed by atoms with Crippen molar-refractivity contribution in [3.8, 4) is 5.75 Å². The number of ether oxygens (including phenoxy) is 2. The fourth-order valence-electron chi connectivity index (χ4n) is 2.55. The number of rotatable bonds is 5. The highest BCUT2D eigenvalue weighted by atomic mass is 16.5. The average Bonchev–Trinajstić information content (AvgIpc) is 2.47. The molecule has 0 amide bonds. The lowest BCUT2D eigenvalue weighted by Crippen LogP contribution is -2.43. The summed E-state index contributed by atoms with van der Waals surface area (Å²) < 4.78 is 10.9. The molecule has 20 heavy (non-hydrogen) atoms. The Morgan fingerprint density at radius 3 is 2.40 bits per heavy atom. The van der Waals surface area contributed by atoms with E-state index in [-0.39, 0.29) is 11.9 Å². The number of benzene rings is 1. The van der Waals surface area contributed by atoms with Crippen molar-refractivity contribution in [3.05, 3.63) is 29.8 Å². The zero-order valence-electron chi connectivity index (χ0n) is 12.2. The highest BCUT2D eigenvalue weighted by Crippen LogP contribution is 2.33. The van der Waals surface area contributed by atoms with Crippen LogP contribution in [0.15, 0.2) is 24.3 Å². The Morgan fingerprint density at radius 1 is 1.30 bits per heavy atom. The van der Waals surface area contributed by atoms with Gasteiger partial charge < -0.3 is 15.2 Å². The number of carbonyl (C=O) groups is 1. The highest BCUT2D eigenvalue weighted by Gasteiger charge is 2.39. The van der Waals surface area contributed by atoms with Crippen molar-refractivity contribution in [1.82, 2.24) is 0 Å². The molecule has 1 fully saturated rings. The zero-order valence-corrected chi connectivity index (χ0v) is 12.2. The van der Waals surface area contributed by atoms with Gasteiger partial charge in [0, 0.05) is 25.3 Å². The molecule has 0 radical (unpaired) electrons. The lowest BCUT2D eigenvalue weighted by atomic mass is 9.74. The molecule has 1 heterocycles. The van der Waals surface area contributed by atoms with Gasteiger partial charge in [-0.1, -0.05) is 0 Å². The summed E-state index contributed by atoms with van der Waals surface area (Å²) in [6.45, 7) is 5.55. The normalized spacial score (nSPS) is 18.0. The number of carbonyl (C=O) groups excluding carboxylic acids is 1. The largest absolute Gasteiger partial charge is 0.491 e. The Morgan fingerprint density at radius 2 is 1.90 bits per heavy atom. The van der Waals surface area contributed by atoms with Gasteiger partial charge in [-0.2, -0.15) is 0 Å². The summed E-state index contributed by atoms with van der Waals surface area (Å²) in [4.78, 5) is 12.7. The Bertz CT molecular complexity index is 447. The molecular formula is C16H23NO3. The summed E-state index contributed by atoms with van der Waals surface area (Å²) in [6, 6.07) is 7.34. The van der Waals surface area contributed by atoms with Gasteiger partial charge in [0.2, 0.25) is 0 Å². The fourth-order valence-corrected chi connectivity index (χ4v) is 2.55. The molecular weight excluding hydrogens is 254 g/mol. The monoisotopic (exact) mass is 277 g/mol. The summed E-state index contributed by atoms with van der Waals surface area (Å²) in [6.07, 6.45) is 1.53. The maximum absolute atomic E-state index is 12.7. The summed E-state index contributed by atoms with van der Waals surface area (Å²) in [5, 5.41) is 0. The molecule has 0 bridgehead atoms. The first-order valence-electron chi connectivity index (χ1n) is 7.17. The van der Waals surface area contributed by atoms with Crippen LogP contribution >= 0.6 is 0 Å². The van der Waals surface area contributed by atoms with E-state index in [1.165, 1.54) is 0 Å². The van der Waals surface area contributed by atoms with Crippen LogP contribution in [0.1, 0.15) is 37.0 Å². The van der Waals surface area contributed by atoms with Gasteiger partial charge in [-0.15, -0.1) is 0 Å². The summed E-state index contributed by atoms with van der Waals surface area (Å²) in [7, 11) is 0. The maximum Gasteiger partial charge on any atom is 0.170 e. The molecule has 4 nitrogen and oxygen atoms in total. The Labute approximate surface area is 120 Å². The van der Waals surface area contributed by atoms with Gasteiger partial charge in [-0.3, -0.25) is 4.79 Å². The lowest BCUT2D eigenvalue weighted by molar-refractivity contribution is 0.0200. The van der Waals surface area contributed by atoms with E-state index in [0.717, 1.165) is 5.75 Å².